The molecule has 2 fully saturated rings. The standard InChI is InChI=1S/C7H12/c1-2-4-7-5-6(7)3-1/h6-7H,1-5H2/t6-,7?/m0/s1. The van der Waals surface area contributed by atoms with E-state index in [0.29, 0.717) is 0 Å². The molecule has 0 saturated heterocycles. The quantitative estimate of drug-likeness (QED) is 0.433. The van der Waals surface area contributed by atoms with Gasteiger partial charge in [-0.25, -0.2) is 0 Å². The molecule has 0 aromatic carbocycles. The Bertz CT molecular complexity index is 66.1. The van der Waals surface area contributed by atoms with Crippen LogP contribution in [0.5, 0.6) is 0 Å². The second-order valence-electron chi connectivity index (χ2n) is 3.04. The molecule has 2 rings (SSSR count). The van der Waals surface area contributed by atoms with Gasteiger partial charge in [-0.1, -0.05) is 25.7 Å². The second kappa shape index (κ2) is 1.24. The Morgan fingerprint density at radius 2 is 1.43 bits per heavy atom. The van der Waals surface area contributed by atoms with Gasteiger partial charge in [0, 0.05) is 0 Å². The maximum Gasteiger partial charge on any atom is -0.0383 e. The largest absolute Gasteiger partial charge is 0.0530 e. The van der Waals surface area contributed by atoms with Crippen LogP contribution in [0, 0.1) is 11.8 Å². The fraction of sp³-hybridized carbons (Fsp3) is 1.00. The highest BCUT2D eigenvalue weighted by Crippen LogP contribution is 2.49. The van der Waals surface area contributed by atoms with Crippen molar-refractivity contribution in [2.45, 2.75) is 32.1 Å². The molecule has 0 aromatic rings. The average molecular weight is 96.2 g/mol. The van der Waals surface area contributed by atoms with E-state index in [0.717, 1.165) is 0 Å². The highest BCUT2D eigenvalue weighted by atomic mass is 14.4. The fourth-order valence-electron chi connectivity index (χ4n) is 1.83. The lowest BCUT2D eigenvalue weighted by Gasteiger charge is -2.05. The maximum atomic E-state index is 1.58. The van der Waals surface area contributed by atoms with Crippen LogP contribution in [0.3, 0.4) is 0 Å². The molecule has 0 spiro atoms. The summed E-state index contributed by atoms with van der Waals surface area (Å²) in [4.78, 5) is 0. The first kappa shape index (κ1) is 3.94. The number of fused-ring (bicyclic) bond motifs is 1. The van der Waals surface area contributed by atoms with Crippen molar-refractivity contribution in [1.82, 2.24) is 0 Å². The van der Waals surface area contributed by atoms with Crippen molar-refractivity contribution in [2.75, 3.05) is 0 Å². The van der Waals surface area contributed by atoms with Gasteiger partial charge in [-0.3, -0.25) is 0 Å². The van der Waals surface area contributed by atoms with Gasteiger partial charge in [0.15, 0.2) is 0 Å². The van der Waals surface area contributed by atoms with E-state index < -0.39 is 0 Å². The van der Waals surface area contributed by atoms with Gasteiger partial charge in [-0.2, -0.15) is 0 Å². The van der Waals surface area contributed by atoms with Crippen LogP contribution < -0.4 is 0 Å². The number of rotatable bonds is 0. The van der Waals surface area contributed by atoms with E-state index in [1.807, 2.05) is 0 Å². The zero-order chi connectivity index (χ0) is 4.69. The Balaban J connectivity index is 1.95. The van der Waals surface area contributed by atoms with E-state index in [9.17, 15) is 0 Å². The van der Waals surface area contributed by atoms with Gasteiger partial charge >= 0.3 is 0 Å². The maximum absolute atomic E-state index is 1.58. The van der Waals surface area contributed by atoms with Crippen LogP contribution in [0.2, 0.25) is 0 Å². The van der Waals surface area contributed by atoms with Crippen LogP contribution in [-0.4, -0.2) is 0 Å². The lowest BCUT2D eigenvalue weighted by atomic mass is 10.0. The molecule has 0 radical (unpaired) electrons. The predicted octanol–water partition coefficient (Wildman–Crippen LogP) is 2.20. The third-order valence-electron chi connectivity index (χ3n) is 2.47. The molecule has 2 atom stereocenters. The number of hydrogen-bond donors (Lipinski definition) is 0. The first-order chi connectivity index (χ1) is 3.47. The van der Waals surface area contributed by atoms with E-state index in [1.54, 1.807) is 19.3 Å². The molecule has 0 bridgehead atoms. The minimum Gasteiger partial charge on any atom is -0.0530 e. The van der Waals surface area contributed by atoms with Gasteiger partial charge in [0.25, 0.3) is 0 Å². The second-order valence-corrected chi connectivity index (χ2v) is 3.04. The molecule has 40 valence electrons. The smallest absolute Gasteiger partial charge is 0.0383 e. The van der Waals surface area contributed by atoms with Crippen molar-refractivity contribution in [3.05, 3.63) is 0 Å². The van der Waals surface area contributed by atoms with E-state index >= 15 is 0 Å². The van der Waals surface area contributed by atoms with Crippen LogP contribution in [0.1, 0.15) is 32.1 Å². The summed E-state index contributed by atoms with van der Waals surface area (Å²) >= 11 is 0. The highest BCUT2D eigenvalue weighted by molar-refractivity contribution is 4.88. The van der Waals surface area contributed by atoms with Crippen molar-refractivity contribution in [2.24, 2.45) is 11.8 Å². The fourth-order valence-corrected chi connectivity index (χ4v) is 1.83. The predicted molar refractivity (Wildman–Crippen MR) is 30.1 cm³/mol. The summed E-state index contributed by atoms with van der Waals surface area (Å²) in [5.74, 6) is 2.41. The van der Waals surface area contributed by atoms with Gasteiger partial charge < -0.3 is 0 Å². The Morgan fingerprint density at radius 1 is 0.857 bits per heavy atom. The van der Waals surface area contributed by atoms with E-state index in [2.05, 4.69) is 0 Å². The van der Waals surface area contributed by atoms with Crippen molar-refractivity contribution >= 4 is 0 Å². The first-order valence-corrected chi connectivity index (χ1v) is 3.47. The van der Waals surface area contributed by atoms with Gasteiger partial charge in [0.2, 0.25) is 0 Å². The summed E-state index contributed by atoms with van der Waals surface area (Å²) in [6.07, 6.45) is 7.76. The molecule has 2 aliphatic carbocycles. The molecule has 2 saturated carbocycles. The molecule has 7 heavy (non-hydrogen) atoms. The van der Waals surface area contributed by atoms with Crippen LogP contribution in [-0.2, 0) is 0 Å². The van der Waals surface area contributed by atoms with E-state index in [-0.39, 0.29) is 0 Å². The molecular weight excluding hydrogens is 84.1 g/mol. The van der Waals surface area contributed by atoms with Crippen LogP contribution >= 0.6 is 0 Å². The first-order valence-electron chi connectivity index (χ1n) is 3.47. The molecule has 0 heteroatoms. The van der Waals surface area contributed by atoms with Crippen molar-refractivity contribution in [3.63, 3.8) is 0 Å². The molecular formula is C7H12. The highest BCUT2D eigenvalue weighted by Gasteiger charge is 2.37. The molecule has 0 aliphatic heterocycles. The SMILES string of the molecule is C1CC[C@H]2CC2C1. The third kappa shape index (κ3) is 0.568. The zero-order valence-corrected chi connectivity index (χ0v) is 4.69. The molecule has 0 N–H and O–H groups in total. The molecule has 1 unspecified atom stereocenters. The third-order valence-corrected chi connectivity index (χ3v) is 2.47. The van der Waals surface area contributed by atoms with Gasteiger partial charge in [0.1, 0.15) is 0 Å². The summed E-state index contributed by atoms with van der Waals surface area (Å²) in [6, 6.07) is 0. The van der Waals surface area contributed by atoms with E-state index in [1.165, 1.54) is 24.7 Å². The monoisotopic (exact) mass is 96.1 g/mol. The molecule has 0 heterocycles. The van der Waals surface area contributed by atoms with Gasteiger partial charge in [0.05, 0.1) is 0 Å². The van der Waals surface area contributed by atoms with Crippen LogP contribution in [0.4, 0.5) is 0 Å². The lowest BCUT2D eigenvalue weighted by molar-refractivity contribution is 0.480. The van der Waals surface area contributed by atoms with Crippen molar-refractivity contribution in [3.8, 4) is 0 Å². The normalized spacial score (nSPS) is 48.0. The van der Waals surface area contributed by atoms with Gasteiger partial charge in [-0.05, 0) is 18.3 Å². The summed E-state index contributed by atoms with van der Waals surface area (Å²) in [5.41, 5.74) is 0. The van der Waals surface area contributed by atoms with Crippen molar-refractivity contribution < 1.29 is 0 Å². The summed E-state index contributed by atoms with van der Waals surface area (Å²) in [6.45, 7) is 0. The minimum atomic E-state index is 1.20. The molecule has 0 aromatic heterocycles. The average Bonchev–Trinajstić information content (AvgIpc) is 2.41. The Labute approximate surface area is 44.9 Å². The summed E-state index contributed by atoms with van der Waals surface area (Å²) in [5, 5.41) is 0. The Morgan fingerprint density at radius 3 is 1.86 bits per heavy atom. The van der Waals surface area contributed by atoms with Gasteiger partial charge in [-0.15, -0.1) is 0 Å². The minimum absolute atomic E-state index is 1.20. The topological polar surface area (TPSA) is 0 Å². The Hall–Kier alpha value is 0. The van der Waals surface area contributed by atoms with E-state index in [4.69, 9.17) is 0 Å². The Kier molecular flexibility index (Phi) is 0.697. The van der Waals surface area contributed by atoms with Crippen LogP contribution in [0.15, 0.2) is 0 Å². The van der Waals surface area contributed by atoms with Crippen molar-refractivity contribution in [1.29, 1.82) is 0 Å². The molecule has 0 nitrogen and oxygen atoms in total. The number of hydrogen-bond acceptors (Lipinski definition) is 0. The van der Waals surface area contributed by atoms with Crippen LogP contribution in [0.25, 0.3) is 0 Å². The zero-order valence-electron chi connectivity index (χ0n) is 4.69. The molecule has 2 aliphatic rings. The molecule has 0 amide bonds. The summed E-state index contributed by atoms with van der Waals surface area (Å²) < 4.78 is 0. The lowest BCUT2D eigenvalue weighted by Crippen LogP contribution is -1.91. The summed E-state index contributed by atoms with van der Waals surface area (Å²) in [7, 11) is 0.